The largest absolute Gasteiger partial charge is 0.333 e. The first-order chi connectivity index (χ1) is 10.9. The van der Waals surface area contributed by atoms with Crippen molar-refractivity contribution in [2.24, 2.45) is 7.05 Å². The Labute approximate surface area is 136 Å². The molecule has 2 aromatic rings. The molecular formula is C14H20N6O2S. The summed E-state index contributed by atoms with van der Waals surface area (Å²) in [5.74, 6) is 0.683. The van der Waals surface area contributed by atoms with Crippen LogP contribution in [0.15, 0.2) is 24.8 Å². The van der Waals surface area contributed by atoms with Crippen molar-refractivity contribution < 1.29 is 8.42 Å². The van der Waals surface area contributed by atoms with Gasteiger partial charge in [0.05, 0.1) is 11.7 Å². The lowest BCUT2D eigenvalue weighted by Crippen LogP contribution is -2.39. The number of aryl methyl sites for hydroxylation is 1. The fraction of sp³-hybridized carbons (Fsp3) is 0.500. The van der Waals surface area contributed by atoms with Crippen LogP contribution in [0.5, 0.6) is 0 Å². The maximum Gasteiger partial charge on any atom is 0.282 e. The highest BCUT2D eigenvalue weighted by Crippen LogP contribution is 2.37. The van der Waals surface area contributed by atoms with Crippen molar-refractivity contribution in [3.63, 3.8) is 0 Å². The molecule has 0 spiro atoms. The smallest absolute Gasteiger partial charge is 0.282 e. The molecule has 1 aliphatic rings. The maximum absolute atomic E-state index is 12.6. The second kappa shape index (κ2) is 5.99. The van der Waals surface area contributed by atoms with Gasteiger partial charge in [-0.2, -0.15) is 17.0 Å². The van der Waals surface area contributed by atoms with E-state index in [1.54, 1.807) is 32.7 Å². The van der Waals surface area contributed by atoms with E-state index in [1.807, 2.05) is 17.8 Å². The predicted molar refractivity (Wildman–Crippen MR) is 85.5 cm³/mol. The van der Waals surface area contributed by atoms with Crippen LogP contribution in [0.3, 0.4) is 0 Å². The molecule has 0 aromatic carbocycles. The van der Waals surface area contributed by atoms with Gasteiger partial charge < -0.3 is 4.57 Å². The Morgan fingerprint density at radius 1 is 1.17 bits per heavy atom. The van der Waals surface area contributed by atoms with E-state index in [4.69, 9.17) is 0 Å². The molecule has 0 saturated carbocycles. The molecule has 0 amide bonds. The zero-order valence-electron chi connectivity index (χ0n) is 13.4. The normalized spacial score (nSPS) is 19.6. The molecule has 0 N–H and O–H groups in total. The summed E-state index contributed by atoms with van der Waals surface area (Å²) in [4.78, 5) is 13.2. The Morgan fingerprint density at radius 2 is 1.91 bits per heavy atom. The van der Waals surface area contributed by atoms with Gasteiger partial charge in [-0.05, 0) is 12.8 Å². The van der Waals surface area contributed by atoms with Crippen molar-refractivity contribution in [1.82, 2.24) is 28.1 Å². The third-order valence-corrected chi connectivity index (χ3v) is 5.99. The molecule has 23 heavy (non-hydrogen) atoms. The summed E-state index contributed by atoms with van der Waals surface area (Å²) >= 11 is 0. The summed E-state index contributed by atoms with van der Waals surface area (Å²) in [7, 11) is 1.47. The number of aromatic nitrogens is 4. The molecule has 0 aliphatic carbocycles. The standard InChI is InChI=1S/C14H20N6O2S/c1-18(2)23(21,22)20-9-4-5-11(20)12-13(16-7-6-15-12)14-17-8-10-19(14)3/h6-8,10-11H,4-5,9H2,1-3H3. The summed E-state index contributed by atoms with van der Waals surface area (Å²) in [5, 5.41) is 0. The van der Waals surface area contributed by atoms with E-state index >= 15 is 0 Å². The van der Waals surface area contributed by atoms with Crippen LogP contribution in [0.25, 0.3) is 11.5 Å². The predicted octanol–water partition coefficient (Wildman–Crippen LogP) is 0.820. The Morgan fingerprint density at radius 3 is 2.57 bits per heavy atom. The van der Waals surface area contributed by atoms with Crippen molar-refractivity contribution in [3.05, 3.63) is 30.5 Å². The summed E-state index contributed by atoms with van der Waals surface area (Å²) in [6.07, 6.45) is 8.25. The first-order valence-corrected chi connectivity index (χ1v) is 8.80. The molecule has 1 aliphatic heterocycles. The molecule has 1 saturated heterocycles. The average molecular weight is 336 g/mol. The van der Waals surface area contributed by atoms with E-state index in [0.29, 0.717) is 23.8 Å². The van der Waals surface area contributed by atoms with Gasteiger partial charge in [0.1, 0.15) is 5.69 Å². The Kier molecular flexibility index (Phi) is 4.17. The topological polar surface area (TPSA) is 84.2 Å². The zero-order valence-corrected chi connectivity index (χ0v) is 14.2. The number of imidazole rings is 1. The van der Waals surface area contributed by atoms with Gasteiger partial charge in [-0.3, -0.25) is 4.98 Å². The van der Waals surface area contributed by atoms with Crippen molar-refractivity contribution in [3.8, 4) is 11.5 Å². The molecule has 9 heteroatoms. The van der Waals surface area contributed by atoms with Gasteiger partial charge in [0, 0.05) is 52.5 Å². The first-order valence-electron chi connectivity index (χ1n) is 7.41. The molecular weight excluding hydrogens is 316 g/mol. The highest BCUT2D eigenvalue weighted by Gasteiger charge is 2.39. The minimum absolute atomic E-state index is 0.317. The third kappa shape index (κ3) is 2.75. The lowest BCUT2D eigenvalue weighted by atomic mass is 10.1. The van der Waals surface area contributed by atoms with Crippen LogP contribution in [-0.2, 0) is 17.3 Å². The minimum atomic E-state index is -3.50. The van der Waals surface area contributed by atoms with Gasteiger partial charge in [0.25, 0.3) is 10.2 Å². The van der Waals surface area contributed by atoms with Gasteiger partial charge in [-0.15, -0.1) is 0 Å². The summed E-state index contributed by atoms with van der Waals surface area (Å²) < 4.78 is 29.7. The van der Waals surface area contributed by atoms with Crippen LogP contribution in [0.1, 0.15) is 24.6 Å². The molecule has 1 atom stereocenters. The average Bonchev–Trinajstić information content (AvgIpc) is 3.16. The number of hydrogen-bond acceptors (Lipinski definition) is 5. The maximum atomic E-state index is 12.6. The highest BCUT2D eigenvalue weighted by molar-refractivity contribution is 7.86. The van der Waals surface area contributed by atoms with Crippen molar-refractivity contribution >= 4 is 10.2 Å². The van der Waals surface area contributed by atoms with Crippen molar-refractivity contribution in [2.75, 3.05) is 20.6 Å². The molecule has 1 unspecified atom stereocenters. The quantitative estimate of drug-likeness (QED) is 0.825. The molecule has 8 nitrogen and oxygen atoms in total. The third-order valence-electron chi connectivity index (χ3n) is 4.04. The van der Waals surface area contributed by atoms with E-state index in [-0.39, 0.29) is 6.04 Å². The van der Waals surface area contributed by atoms with Crippen LogP contribution in [0.4, 0.5) is 0 Å². The van der Waals surface area contributed by atoms with Crippen LogP contribution in [0, 0.1) is 0 Å². The van der Waals surface area contributed by atoms with Crippen molar-refractivity contribution in [2.45, 2.75) is 18.9 Å². The van der Waals surface area contributed by atoms with E-state index in [2.05, 4.69) is 15.0 Å². The van der Waals surface area contributed by atoms with Crippen LogP contribution >= 0.6 is 0 Å². The van der Waals surface area contributed by atoms with E-state index in [0.717, 1.165) is 12.8 Å². The summed E-state index contributed by atoms with van der Waals surface area (Å²) in [5.41, 5.74) is 1.29. The Balaban J connectivity index is 2.07. The molecule has 124 valence electrons. The summed E-state index contributed by atoms with van der Waals surface area (Å²) in [6, 6.07) is -0.317. The molecule has 3 heterocycles. The number of hydrogen-bond donors (Lipinski definition) is 0. The molecule has 0 radical (unpaired) electrons. The van der Waals surface area contributed by atoms with Crippen LogP contribution < -0.4 is 0 Å². The van der Waals surface area contributed by atoms with E-state index < -0.39 is 10.2 Å². The van der Waals surface area contributed by atoms with Gasteiger partial charge in [0.2, 0.25) is 0 Å². The first kappa shape index (κ1) is 16.0. The second-order valence-corrected chi connectivity index (χ2v) is 7.81. The fourth-order valence-electron chi connectivity index (χ4n) is 2.86. The van der Waals surface area contributed by atoms with Gasteiger partial charge in [0.15, 0.2) is 5.82 Å². The molecule has 0 bridgehead atoms. The second-order valence-electron chi connectivity index (χ2n) is 5.71. The molecule has 2 aromatic heterocycles. The van der Waals surface area contributed by atoms with Crippen molar-refractivity contribution in [1.29, 1.82) is 0 Å². The lowest BCUT2D eigenvalue weighted by molar-refractivity contribution is 0.358. The zero-order chi connectivity index (χ0) is 16.6. The minimum Gasteiger partial charge on any atom is -0.333 e. The number of nitrogens with zero attached hydrogens (tertiary/aromatic N) is 6. The summed E-state index contributed by atoms with van der Waals surface area (Å²) in [6.45, 7) is 0.488. The fourth-order valence-corrected chi connectivity index (χ4v) is 4.16. The van der Waals surface area contributed by atoms with E-state index in [9.17, 15) is 8.42 Å². The van der Waals surface area contributed by atoms with Gasteiger partial charge in [-0.1, -0.05) is 0 Å². The van der Waals surface area contributed by atoms with Gasteiger partial charge >= 0.3 is 0 Å². The Hall–Kier alpha value is -1.84. The monoisotopic (exact) mass is 336 g/mol. The lowest BCUT2D eigenvalue weighted by Gasteiger charge is -2.27. The highest BCUT2D eigenvalue weighted by atomic mass is 32.2. The van der Waals surface area contributed by atoms with Gasteiger partial charge in [-0.25, -0.2) is 9.97 Å². The number of rotatable bonds is 4. The molecule has 3 rings (SSSR count). The molecule has 1 fully saturated rings. The van der Waals surface area contributed by atoms with Crippen LogP contribution in [0.2, 0.25) is 0 Å². The van der Waals surface area contributed by atoms with E-state index in [1.165, 1.54) is 8.61 Å². The van der Waals surface area contributed by atoms with Crippen LogP contribution in [-0.4, -0.2) is 57.2 Å². The SMILES string of the molecule is CN(C)S(=O)(=O)N1CCCC1c1nccnc1-c1nccn1C. The Bertz CT molecular complexity index is 801.